The van der Waals surface area contributed by atoms with Gasteiger partial charge in [0.15, 0.2) is 0 Å². The summed E-state index contributed by atoms with van der Waals surface area (Å²) in [5.41, 5.74) is 2.78. The first-order chi connectivity index (χ1) is 12.7. The molecule has 0 saturated carbocycles. The minimum atomic E-state index is 0.0120. The number of aromatic nitrogens is 1. The van der Waals surface area contributed by atoms with Crippen molar-refractivity contribution >= 4 is 23.3 Å². The van der Waals surface area contributed by atoms with Gasteiger partial charge in [-0.3, -0.25) is 4.79 Å². The van der Waals surface area contributed by atoms with Crippen LogP contribution < -0.4 is 5.32 Å². The van der Waals surface area contributed by atoms with Crippen LogP contribution in [0.25, 0.3) is 0 Å². The maximum absolute atomic E-state index is 12.5. The molecule has 0 aliphatic carbocycles. The predicted octanol–water partition coefficient (Wildman–Crippen LogP) is 4.12. The van der Waals surface area contributed by atoms with Crippen LogP contribution in [0.2, 0.25) is 5.02 Å². The SMILES string of the molecule is COCc1cccc(CNc2ncc(C(=O)N3CCCCC3)cc2Cl)c1. The van der Waals surface area contributed by atoms with E-state index < -0.39 is 0 Å². The quantitative estimate of drug-likeness (QED) is 0.827. The fourth-order valence-corrected chi connectivity index (χ4v) is 3.38. The van der Waals surface area contributed by atoms with E-state index in [0.717, 1.165) is 37.1 Å². The Balaban J connectivity index is 1.64. The fraction of sp³-hybridized carbons (Fsp3) is 0.400. The number of benzene rings is 1. The predicted molar refractivity (Wildman–Crippen MR) is 103 cm³/mol. The molecular weight excluding hydrogens is 350 g/mol. The molecule has 138 valence electrons. The minimum Gasteiger partial charge on any atom is -0.380 e. The molecule has 0 unspecified atom stereocenters. The number of ether oxygens (including phenoxy) is 1. The Labute approximate surface area is 159 Å². The highest BCUT2D eigenvalue weighted by molar-refractivity contribution is 6.33. The van der Waals surface area contributed by atoms with Crippen molar-refractivity contribution < 1.29 is 9.53 Å². The average Bonchev–Trinajstić information content (AvgIpc) is 2.68. The van der Waals surface area contributed by atoms with Crippen LogP contribution in [0.3, 0.4) is 0 Å². The van der Waals surface area contributed by atoms with E-state index in [-0.39, 0.29) is 5.91 Å². The Morgan fingerprint density at radius 3 is 2.73 bits per heavy atom. The molecule has 1 aromatic carbocycles. The maximum atomic E-state index is 12.5. The molecule has 1 aromatic heterocycles. The van der Waals surface area contributed by atoms with Crippen LogP contribution in [0.4, 0.5) is 5.82 Å². The van der Waals surface area contributed by atoms with Crippen LogP contribution >= 0.6 is 11.6 Å². The number of carbonyl (C=O) groups is 1. The molecule has 0 bridgehead atoms. The summed E-state index contributed by atoms with van der Waals surface area (Å²) in [6.07, 6.45) is 4.92. The first-order valence-corrected chi connectivity index (χ1v) is 9.30. The molecule has 2 aromatic rings. The van der Waals surface area contributed by atoms with Crippen LogP contribution in [0.15, 0.2) is 36.5 Å². The molecule has 1 aliphatic heterocycles. The Morgan fingerprint density at radius 1 is 1.23 bits per heavy atom. The minimum absolute atomic E-state index is 0.0120. The van der Waals surface area contributed by atoms with E-state index in [1.807, 2.05) is 23.1 Å². The van der Waals surface area contributed by atoms with Gasteiger partial charge in [-0.1, -0.05) is 35.9 Å². The smallest absolute Gasteiger partial charge is 0.255 e. The molecule has 0 radical (unpaired) electrons. The summed E-state index contributed by atoms with van der Waals surface area (Å²) < 4.78 is 5.16. The number of methoxy groups -OCH3 is 1. The Morgan fingerprint density at radius 2 is 2.00 bits per heavy atom. The van der Waals surface area contributed by atoms with Gasteiger partial charge in [0.2, 0.25) is 0 Å². The largest absolute Gasteiger partial charge is 0.380 e. The molecule has 1 fully saturated rings. The van der Waals surface area contributed by atoms with Gasteiger partial charge in [0, 0.05) is 32.9 Å². The maximum Gasteiger partial charge on any atom is 0.255 e. The molecule has 6 heteroatoms. The van der Waals surface area contributed by atoms with Crippen molar-refractivity contribution in [2.45, 2.75) is 32.4 Å². The summed E-state index contributed by atoms with van der Waals surface area (Å²) in [6.45, 7) is 2.81. The fourth-order valence-electron chi connectivity index (χ4n) is 3.15. The van der Waals surface area contributed by atoms with Crippen molar-refractivity contribution in [2.75, 3.05) is 25.5 Å². The molecule has 5 nitrogen and oxygen atoms in total. The summed E-state index contributed by atoms with van der Waals surface area (Å²) in [5, 5.41) is 3.69. The van der Waals surface area contributed by atoms with Gasteiger partial charge in [-0.15, -0.1) is 0 Å². The molecule has 26 heavy (non-hydrogen) atoms. The van der Waals surface area contributed by atoms with Crippen LogP contribution in [-0.2, 0) is 17.9 Å². The molecular formula is C20H24ClN3O2. The lowest BCUT2D eigenvalue weighted by Gasteiger charge is -2.26. The number of pyridine rings is 1. The lowest BCUT2D eigenvalue weighted by Crippen LogP contribution is -2.35. The molecule has 0 spiro atoms. The molecule has 1 amide bonds. The Hall–Kier alpha value is -2.11. The number of amides is 1. The molecule has 3 rings (SSSR count). The van der Waals surface area contributed by atoms with Gasteiger partial charge in [0.1, 0.15) is 5.82 Å². The van der Waals surface area contributed by atoms with E-state index in [1.165, 1.54) is 6.42 Å². The van der Waals surface area contributed by atoms with Crippen molar-refractivity contribution in [3.05, 3.63) is 58.2 Å². The zero-order valence-corrected chi connectivity index (χ0v) is 15.8. The average molecular weight is 374 g/mol. The van der Waals surface area contributed by atoms with Crippen LogP contribution in [0.5, 0.6) is 0 Å². The van der Waals surface area contributed by atoms with Crippen molar-refractivity contribution in [2.24, 2.45) is 0 Å². The van der Waals surface area contributed by atoms with E-state index >= 15 is 0 Å². The van der Waals surface area contributed by atoms with E-state index in [0.29, 0.717) is 29.6 Å². The second-order valence-corrected chi connectivity index (χ2v) is 6.92. The first-order valence-electron chi connectivity index (χ1n) is 8.93. The van der Waals surface area contributed by atoms with Crippen LogP contribution in [0, 0.1) is 0 Å². The number of nitrogens with zero attached hydrogens (tertiary/aromatic N) is 2. The van der Waals surface area contributed by atoms with Gasteiger partial charge >= 0.3 is 0 Å². The zero-order valence-electron chi connectivity index (χ0n) is 15.0. The number of rotatable bonds is 6. The second kappa shape index (κ2) is 9.01. The lowest BCUT2D eigenvalue weighted by molar-refractivity contribution is 0.0724. The van der Waals surface area contributed by atoms with Gasteiger partial charge in [-0.25, -0.2) is 4.98 Å². The number of anilines is 1. The second-order valence-electron chi connectivity index (χ2n) is 6.51. The van der Waals surface area contributed by atoms with Crippen LogP contribution in [0.1, 0.15) is 40.7 Å². The van der Waals surface area contributed by atoms with Gasteiger partial charge in [0.25, 0.3) is 5.91 Å². The first kappa shape index (κ1) is 18.7. The normalized spacial score (nSPS) is 14.3. The summed E-state index contributed by atoms with van der Waals surface area (Å²) in [6, 6.07) is 9.85. The van der Waals surface area contributed by atoms with Crippen molar-refractivity contribution in [3.8, 4) is 0 Å². The highest BCUT2D eigenvalue weighted by Crippen LogP contribution is 2.22. The van der Waals surface area contributed by atoms with Crippen molar-refractivity contribution in [3.63, 3.8) is 0 Å². The van der Waals surface area contributed by atoms with Crippen LogP contribution in [-0.4, -0.2) is 36.0 Å². The van der Waals surface area contributed by atoms with E-state index in [1.54, 1.807) is 19.4 Å². The third kappa shape index (κ3) is 4.74. The molecule has 1 N–H and O–H groups in total. The number of carbonyl (C=O) groups excluding carboxylic acids is 1. The molecule has 1 aliphatic rings. The Bertz CT molecular complexity index is 760. The number of hydrogen-bond acceptors (Lipinski definition) is 4. The van der Waals surface area contributed by atoms with E-state index in [4.69, 9.17) is 16.3 Å². The summed E-state index contributed by atoms with van der Waals surface area (Å²) in [7, 11) is 1.68. The molecule has 1 saturated heterocycles. The van der Waals surface area contributed by atoms with Gasteiger partial charge < -0.3 is 15.0 Å². The van der Waals surface area contributed by atoms with Gasteiger partial charge in [0.05, 0.1) is 17.2 Å². The molecule has 0 atom stereocenters. The van der Waals surface area contributed by atoms with Gasteiger partial charge in [-0.2, -0.15) is 0 Å². The van der Waals surface area contributed by atoms with Crippen molar-refractivity contribution in [1.29, 1.82) is 0 Å². The monoisotopic (exact) mass is 373 g/mol. The lowest BCUT2D eigenvalue weighted by atomic mass is 10.1. The van der Waals surface area contributed by atoms with Crippen molar-refractivity contribution in [1.82, 2.24) is 9.88 Å². The topological polar surface area (TPSA) is 54.5 Å². The summed E-state index contributed by atoms with van der Waals surface area (Å²) in [4.78, 5) is 18.8. The van der Waals surface area contributed by atoms with E-state index in [2.05, 4.69) is 16.4 Å². The van der Waals surface area contributed by atoms with E-state index in [9.17, 15) is 4.79 Å². The summed E-state index contributed by atoms with van der Waals surface area (Å²) >= 11 is 6.34. The zero-order chi connectivity index (χ0) is 18.4. The number of hydrogen-bond donors (Lipinski definition) is 1. The highest BCUT2D eigenvalue weighted by Gasteiger charge is 2.19. The number of piperidine rings is 1. The summed E-state index contributed by atoms with van der Waals surface area (Å²) in [5.74, 6) is 0.594. The molecule has 2 heterocycles. The Kier molecular flexibility index (Phi) is 6.47. The number of likely N-dealkylation sites (tertiary alicyclic amines) is 1. The van der Waals surface area contributed by atoms with Gasteiger partial charge in [-0.05, 0) is 36.5 Å². The number of nitrogens with one attached hydrogen (secondary N) is 1. The third-order valence-corrected chi connectivity index (χ3v) is 4.78. The third-order valence-electron chi connectivity index (χ3n) is 4.49. The standard InChI is InChI=1S/C20H24ClN3O2/c1-26-14-16-7-5-6-15(10-16)12-22-19-18(21)11-17(13-23-19)20(25)24-8-3-2-4-9-24/h5-7,10-11,13H,2-4,8-9,12,14H2,1H3,(H,22,23). The number of halogens is 1. The highest BCUT2D eigenvalue weighted by atomic mass is 35.5.